The maximum absolute atomic E-state index is 12.5. The number of anilines is 1. The summed E-state index contributed by atoms with van der Waals surface area (Å²) in [6, 6.07) is 16.8. The molecule has 5 nitrogen and oxygen atoms in total. The van der Waals surface area contributed by atoms with E-state index in [0.29, 0.717) is 15.2 Å². The summed E-state index contributed by atoms with van der Waals surface area (Å²) in [6.45, 7) is 3.82. The Morgan fingerprint density at radius 2 is 2.11 bits per heavy atom. The summed E-state index contributed by atoms with van der Waals surface area (Å²) >= 11 is 8.18. The second-order valence-corrected chi connectivity index (χ2v) is 8.98. The Bertz CT molecular complexity index is 1080. The van der Waals surface area contributed by atoms with Crippen LogP contribution in [0.1, 0.15) is 18.1 Å². The molecule has 3 rings (SSSR count). The largest absolute Gasteiger partial charge is 0.325 e. The minimum atomic E-state index is -0.360. The molecule has 0 saturated heterocycles. The van der Waals surface area contributed by atoms with Crippen LogP contribution in [0.15, 0.2) is 52.9 Å². The molecule has 0 radical (unpaired) electrons. The van der Waals surface area contributed by atoms with E-state index in [4.69, 9.17) is 17.5 Å². The SMILES string of the molecule is Cc1ccccc1-n1nc(S[C@@H](C)C(=O)Nc2cccc(C#N)c2)sc1=S. The van der Waals surface area contributed by atoms with Crippen molar-refractivity contribution in [2.75, 3.05) is 5.32 Å². The van der Waals surface area contributed by atoms with Crippen LogP contribution >= 0.6 is 35.3 Å². The number of rotatable bonds is 5. The molecule has 27 heavy (non-hydrogen) atoms. The van der Waals surface area contributed by atoms with Gasteiger partial charge in [-0.2, -0.15) is 5.26 Å². The average Bonchev–Trinajstić information content (AvgIpc) is 3.02. The highest BCUT2D eigenvalue weighted by Crippen LogP contribution is 2.29. The average molecular weight is 413 g/mol. The lowest BCUT2D eigenvalue weighted by Gasteiger charge is -2.10. The molecule has 0 aliphatic carbocycles. The first kappa shape index (κ1) is 19.3. The van der Waals surface area contributed by atoms with Crippen LogP contribution in [-0.2, 0) is 4.79 Å². The van der Waals surface area contributed by atoms with Gasteiger partial charge in [0, 0.05) is 5.69 Å². The number of aromatic nitrogens is 2. The van der Waals surface area contributed by atoms with Crippen LogP contribution in [0, 0.1) is 22.2 Å². The molecular weight excluding hydrogens is 396 g/mol. The van der Waals surface area contributed by atoms with Crippen LogP contribution in [0.5, 0.6) is 0 Å². The minimum Gasteiger partial charge on any atom is -0.325 e. The third kappa shape index (κ3) is 4.63. The standard InChI is InChI=1S/C19H16N4OS3/c1-12-6-3-4-9-16(12)23-19(25)27-18(22-23)26-13(2)17(24)21-15-8-5-7-14(10-15)11-20/h3-10,13H,1-2H3,(H,21,24)/t13-/m0/s1. The van der Waals surface area contributed by atoms with Gasteiger partial charge < -0.3 is 5.32 Å². The number of nitrogens with one attached hydrogen (secondary N) is 1. The number of hydrogen-bond donors (Lipinski definition) is 1. The highest BCUT2D eigenvalue weighted by Gasteiger charge is 2.18. The summed E-state index contributed by atoms with van der Waals surface area (Å²) in [5.41, 5.74) is 3.13. The number of amides is 1. The van der Waals surface area contributed by atoms with Crippen LogP contribution in [-0.4, -0.2) is 20.9 Å². The van der Waals surface area contributed by atoms with E-state index in [2.05, 4.69) is 16.5 Å². The van der Waals surface area contributed by atoms with Crippen LogP contribution in [0.4, 0.5) is 5.69 Å². The Hall–Kier alpha value is -2.47. The molecule has 2 aromatic carbocycles. The van der Waals surface area contributed by atoms with Crippen molar-refractivity contribution in [3.63, 3.8) is 0 Å². The van der Waals surface area contributed by atoms with Crippen molar-refractivity contribution in [1.29, 1.82) is 5.26 Å². The number of benzene rings is 2. The fraction of sp³-hybridized carbons (Fsp3) is 0.158. The lowest BCUT2D eigenvalue weighted by Crippen LogP contribution is -2.22. The van der Waals surface area contributed by atoms with Crippen molar-refractivity contribution in [2.45, 2.75) is 23.4 Å². The molecule has 1 amide bonds. The Balaban J connectivity index is 1.73. The van der Waals surface area contributed by atoms with Gasteiger partial charge in [0.25, 0.3) is 0 Å². The molecule has 1 aromatic heterocycles. The molecule has 0 bridgehead atoms. The van der Waals surface area contributed by atoms with E-state index in [9.17, 15) is 4.79 Å². The van der Waals surface area contributed by atoms with Gasteiger partial charge in [0.2, 0.25) is 5.91 Å². The predicted octanol–water partition coefficient (Wildman–Crippen LogP) is 4.96. The van der Waals surface area contributed by atoms with Crippen LogP contribution < -0.4 is 5.32 Å². The topological polar surface area (TPSA) is 70.7 Å². The smallest absolute Gasteiger partial charge is 0.237 e. The van der Waals surface area contributed by atoms with Crippen LogP contribution in [0.25, 0.3) is 5.69 Å². The van der Waals surface area contributed by atoms with Crippen molar-refractivity contribution in [1.82, 2.24) is 9.78 Å². The number of para-hydroxylation sites is 1. The number of aryl methyl sites for hydroxylation is 1. The first-order chi connectivity index (χ1) is 13.0. The molecule has 136 valence electrons. The van der Waals surface area contributed by atoms with Gasteiger partial charge in [0.1, 0.15) is 0 Å². The second-order valence-electron chi connectivity index (χ2n) is 5.77. The van der Waals surface area contributed by atoms with E-state index in [1.165, 1.54) is 23.1 Å². The highest BCUT2D eigenvalue weighted by atomic mass is 32.2. The molecule has 8 heteroatoms. The Labute approximate surface area is 170 Å². The van der Waals surface area contributed by atoms with Gasteiger partial charge in [0.15, 0.2) is 8.29 Å². The van der Waals surface area contributed by atoms with E-state index in [-0.39, 0.29) is 11.2 Å². The van der Waals surface area contributed by atoms with Crippen molar-refractivity contribution in [3.05, 3.63) is 63.6 Å². The fourth-order valence-electron chi connectivity index (χ4n) is 2.38. The van der Waals surface area contributed by atoms with Gasteiger partial charge in [-0.3, -0.25) is 4.79 Å². The first-order valence-electron chi connectivity index (χ1n) is 8.12. The molecule has 0 unspecified atom stereocenters. The van der Waals surface area contributed by atoms with E-state index in [1.807, 2.05) is 38.1 Å². The lowest BCUT2D eigenvalue weighted by molar-refractivity contribution is -0.115. The third-order valence-corrected chi connectivity index (χ3v) is 6.20. The molecule has 3 aromatic rings. The zero-order valence-corrected chi connectivity index (χ0v) is 17.1. The highest BCUT2D eigenvalue weighted by molar-refractivity contribution is 8.02. The van der Waals surface area contributed by atoms with E-state index >= 15 is 0 Å². The van der Waals surface area contributed by atoms with Gasteiger partial charge in [-0.05, 0) is 55.9 Å². The summed E-state index contributed by atoms with van der Waals surface area (Å²) in [5.74, 6) is -0.154. The second kappa shape index (κ2) is 8.48. The summed E-state index contributed by atoms with van der Waals surface area (Å²) in [7, 11) is 0. The molecule has 0 aliphatic rings. The van der Waals surface area contributed by atoms with Gasteiger partial charge in [-0.15, -0.1) is 5.10 Å². The van der Waals surface area contributed by atoms with E-state index < -0.39 is 0 Å². The van der Waals surface area contributed by atoms with Gasteiger partial charge in [0.05, 0.1) is 22.6 Å². The number of nitrogens with zero attached hydrogens (tertiary/aromatic N) is 3. The van der Waals surface area contributed by atoms with Crippen LogP contribution in [0.3, 0.4) is 0 Å². The summed E-state index contributed by atoms with van der Waals surface area (Å²) in [4.78, 5) is 12.5. The first-order valence-corrected chi connectivity index (χ1v) is 10.2. The van der Waals surface area contributed by atoms with Crippen LogP contribution in [0.2, 0.25) is 0 Å². The molecule has 0 aliphatic heterocycles. The van der Waals surface area contributed by atoms with Gasteiger partial charge in [-0.25, -0.2) is 4.68 Å². The maximum atomic E-state index is 12.5. The molecule has 0 spiro atoms. The Morgan fingerprint density at radius 3 is 2.85 bits per heavy atom. The van der Waals surface area contributed by atoms with Crippen molar-refractivity contribution >= 4 is 46.9 Å². The number of carbonyl (C=O) groups is 1. The Kier molecular flexibility index (Phi) is 6.06. The number of hydrogen-bond acceptors (Lipinski definition) is 6. The summed E-state index contributed by atoms with van der Waals surface area (Å²) in [6.07, 6.45) is 0. The van der Waals surface area contributed by atoms with Gasteiger partial charge >= 0.3 is 0 Å². The van der Waals surface area contributed by atoms with Crippen molar-refractivity contribution in [2.24, 2.45) is 0 Å². The fourth-order valence-corrected chi connectivity index (χ4v) is 4.87. The molecule has 0 saturated carbocycles. The van der Waals surface area contributed by atoms with Crippen molar-refractivity contribution in [3.8, 4) is 11.8 Å². The number of thioether (sulfide) groups is 1. The number of carbonyl (C=O) groups excluding carboxylic acids is 1. The zero-order chi connectivity index (χ0) is 19.4. The zero-order valence-electron chi connectivity index (χ0n) is 14.7. The normalized spacial score (nSPS) is 11.6. The predicted molar refractivity (Wildman–Crippen MR) is 112 cm³/mol. The summed E-state index contributed by atoms with van der Waals surface area (Å²) < 4.78 is 3.11. The monoisotopic (exact) mass is 412 g/mol. The summed E-state index contributed by atoms with van der Waals surface area (Å²) in [5, 5.41) is 16.0. The molecule has 1 atom stereocenters. The Morgan fingerprint density at radius 1 is 1.33 bits per heavy atom. The minimum absolute atomic E-state index is 0.154. The third-order valence-electron chi connectivity index (χ3n) is 3.78. The molecule has 0 fully saturated rings. The van der Waals surface area contributed by atoms with Gasteiger partial charge in [-0.1, -0.05) is 47.4 Å². The quantitative estimate of drug-likeness (QED) is 0.474. The van der Waals surface area contributed by atoms with Crippen molar-refractivity contribution < 1.29 is 4.79 Å². The lowest BCUT2D eigenvalue weighted by atomic mass is 10.2. The molecule has 1 N–H and O–H groups in total. The molecule has 1 heterocycles. The van der Waals surface area contributed by atoms with E-state index in [0.717, 1.165) is 15.6 Å². The number of nitriles is 1. The maximum Gasteiger partial charge on any atom is 0.237 e. The molecular formula is C19H16N4OS3. The van der Waals surface area contributed by atoms with E-state index in [1.54, 1.807) is 28.9 Å².